The number of carbonyl (C=O) groups excluding carboxylic acids is 1. The molecular weight excluding hydrogens is 317 g/mol. The maximum Gasteiger partial charge on any atom is 0.323 e. The molecule has 3 atom stereocenters. The Bertz CT molecular complexity index is 491. The number of carbonyl (C=O) groups is 1. The van der Waals surface area contributed by atoms with Gasteiger partial charge in [-0.2, -0.15) is 0 Å². The van der Waals surface area contributed by atoms with Gasteiger partial charge in [-0.15, -0.1) is 11.3 Å². The van der Waals surface area contributed by atoms with Gasteiger partial charge in [-0.1, -0.05) is 23.2 Å². The Morgan fingerprint density at radius 3 is 2.83 bits per heavy atom. The minimum atomic E-state index is -1.08. The summed E-state index contributed by atoms with van der Waals surface area (Å²) in [5, 5.41) is 3.10. The number of rotatable bonds is 2. The predicted octanol–water partition coefficient (Wildman–Crippen LogP) is 1.99. The number of halogens is 2. The molecule has 0 aromatic carbocycles. The van der Waals surface area contributed by atoms with E-state index in [0.29, 0.717) is 14.4 Å². The third kappa shape index (κ3) is 3.05. The predicted molar refractivity (Wildman–Crippen MR) is 73.9 cm³/mol. The fourth-order valence-corrected chi connectivity index (χ4v) is 4.79. The molecule has 1 aliphatic rings. The van der Waals surface area contributed by atoms with E-state index in [9.17, 15) is 9.00 Å². The van der Waals surface area contributed by atoms with E-state index in [2.05, 4.69) is 10.1 Å². The summed E-state index contributed by atoms with van der Waals surface area (Å²) in [4.78, 5) is 11.5. The summed E-state index contributed by atoms with van der Waals surface area (Å²) in [7, 11) is 0.228. The maximum absolute atomic E-state index is 11.8. The molecule has 4 nitrogen and oxygen atoms in total. The van der Waals surface area contributed by atoms with Crippen LogP contribution in [0.15, 0.2) is 6.07 Å². The van der Waals surface area contributed by atoms with Gasteiger partial charge in [-0.3, -0.25) is 14.3 Å². The van der Waals surface area contributed by atoms with Gasteiger partial charge in [-0.05, 0) is 6.07 Å². The summed E-state index contributed by atoms with van der Waals surface area (Å²) in [5.41, 5.74) is 0.786. The monoisotopic (exact) mass is 327 g/mol. The van der Waals surface area contributed by atoms with Crippen molar-refractivity contribution in [3.63, 3.8) is 0 Å². The van der Waals surface area contributed by atoms with Gasteiger partial charge in [0.1, 0.15) is 6.04 Å². The van der Waals surface area contributed by atoms with Gasteiger partial charge in [0.25, 0.3) is 0 Å². The van der Waals surface area contributed by atoms with Crippen LogP contribution in [-0.2, 0) is 20.3 Å². The van der Waals surface area contributed by atoms with Crippen LogP contribution in [0, 0.1) is 0 Å². The van der Waals surface area contributed by atoms with Gasteiger partial charge < -0.3 is 4.74 Å². The van der Waals surface area contributed by atoms with Gasteiger partial charge in [0.2, 0.25) is 0 Å². The molecule has 1 saturated heterocycles. The van der Waals surface area contributed by atoms with Crippen molar-refractivity contribution in [2.75, 3.05) is 18.6 Å². The molecule has 1 aliphatic heterocycles. The van der Waals surface area contributed by atoms with E-state index in [0.717, 1.165) is 5.56 Å². The van der Waals surface area contributed by atoms with E-state index in [1.54, 1.807) is 6.07 Å². The van der Waals surface area contributed by atoms with E-state index in [1.165, 1.54) is 18.4 Å². The third-order valence-corrected chi connectivity index (χ3v) is 5.58. The zero-order valence-corrected chi connectivity index (χ0v) is 12.6. The zero-order chi connectivity index (χ0) is 13.3. The molecule has 2 rings (SSSR count). The fourth-order valence-electron chi connectivity index (χ4n) is 1.83. The van der Waals surface area contributed by atoms with Gasteiger partial charge >= 0.3 is 5.97 Å². The van der Waals surface area contributed by atoms with E-state index in [4.69, 9.17) is 23.2 Å². The van der Waals surface area contributed by atoms with E-state index in [-0.39, 0.29) is 11.8 Å². The first-order chi connectivity index (χ1) is 8.51. The van der Waals surface area contributed by atoms with Gasteiger partial charge in [0.05, 0.1) is 15.8 Å². The average molecular weight is 328 g/mol. The standard InChI is InChI=1S/C10H11Cl2NO3S2/c1-16-10(14)7-4-18(15)3-6(13-7)5-2-8(11)17-9(5)12/h2,6-7,13H,3-4H2,1H3. The fraction of sp³-hybridized carbons (Fsp3) is 0.500. The first kappa shape index (κ1) is 14.3. The molecular formula is C10H11Cl2NO3S2. The summed E-state index contributed by atoms with van der Waals surface area (Å²) >= 11 is 13.2. The lowest BCUT2D eigenvalue weighted by molar-refractivity contribution is -0.142. The van der Waals surface area contributed by atoms with Crippen molar-refractivity contribution < 1.29 is 13.7 Å². The third-order valence-electron chi connectivity index (χ3n) is 2.65. The lowest BCUT2D eigenvalue weighted by Crippen LogP contribution is -2.49. The van der Waals surface area contributed by atoms with Crippen molar-refractivity contribution in [1.82, 2.24) is 5.32 Å². The molecule has 0 amide bonds. The molecule has 0 radical (unpaired) electrons. The molecule has 0 bridgehead atoms. The second kappa shape index (κ2) is 5.88. The number of thiophene rings is 1. The van der Waals surface area contributed by atoms with Crippen molar-refractivity contribution in [2.24, 2.45) is 0 Å². The van der Waals surface area contributed by atoms with Crippen molar-refractivity contribution in [3.8, 4) is 0 Å². The Morgan fingerprint density at radius 2 is 2.28 bits per heavy atom. The minimum absolute atomic E-state index is 0.236. The summed E-state index contributed by atoms with van der Waals surface area (Å²) in [6.07, 6.45) is 0. The minimum Gasteiger partial charge on any atom is -0.468 e. The lowest BCUT2D eigenvalue weighted by Gasteiger charge is -2.28. The average Bonchev–Trinajstić information content (AvgIpc) is 2.66. The highest BCUT2D eigenvalue weighted by Crippen LogP contribution is 2.36. The second-order valence-corrected chi connectivity index (χ2v) is 7.68. The van der Waals surface area contributed by atoms with Crippen LogP contribution in [0.4, 0.5) is 0 Å². The lowest BCUT2D eigenvalue weighted by atomic mass is 10.1. The van der Waals surface area contributed by atoms with Crippen LogP contribution in [0.5, 0.6) is 0 Å². The maximum atomic E-state index is 11.8. The molecule has 100 valence electrons. The van der Waals surface area contributed by atoms with Crippen LogP contribution >= 0.6 is 34.5 Å². The Labute approximate surface area is 121 Å². The van der Waals surface area contributed by atoms with Crippen molar-refractivity contribution in [2.45, 2.75) is 12.1 Å². The first-order valence-electron chi connectivity index (χ1n) is 5.15. The summed E-state index contributed by atoms with van der Waals surface area (Å²) in [5.74, 6) is 0.268. The number of hydrogen-bond donors (Lipinski definition) is 1. The normalized spacial score (nSPS) is 28.1. The SMILES string of the molecule is COC(=O)C1CS(=O)CC(c2cc(Cl)sc2Cl)N1. The number of ether oxygens (including phenoxy) is 1. The Hall–Kier alpha value is -0.140. The topological polar surface area (TPSA) is 55.4 Å². The molecule has 8 heteroatoms. The largest absolute Gasteiger partial charge is 0.468 e. The smallest absolute Gasteiger partial charge is 0.323 e. The number of esters is 1. The van der Waals surface area contributed by atoms with E-state index >= 15 is 0 Å². The molecule has 1 aromatic heterocycles. The highest BCUT2D eigenvalue weighted by Gasteiger charge is 2.33. The Kier molecular flexibility index (Phi) is 4.66. The number of hydrogen-bond acceptors (Lipinski definition) is 5. The number of methoxy groups -OCH3 is 1. The molecule has 1 fully saturated rings. The van der Waals surface area contributed by atoms with Crippen LogP contribution in [0.3, 0.4) is 0 Å². The van der Waals surface area contributed by atoms with Crippen LogP contribution in [0.25, 0.3) is 0 Å². The summed E-state index contributed by atoms with van der Waals surface area (Å²) < 4.78 is 17.6. The molecule has 1 N–H and O–H groups in total. The molecule has 3 unspecified atom stereocenters. The van der Waals surface area contributed by atoms with E-state index in [1.807, 2.05) is 0 Å². The summed E-state index contributed by atoms with van der Waals surface area (Å²) in [6, 6.07) is 0.938. The van der Waals surface area contributed by atoms with Crippen LogP contribution < -0.4 is 5.32 Å². The first-order valence-corrected chi connectivity index (χ1v) is 8.21. The Balaban J connectivity index is 2.21. The van der Waals surface area contributed by atoms with Crippen LogP contribution in [0.2, 0.25) is 8.67 Å². The molecule has 2 heterocycles. The van der Waals surface area contributed by atoms with Crippen molar-refractivity contribution >= 4 is 51.3 Å². The second-order valence-electron chi connectivity index (χ2n) is 3.85. The van der Waals surface area contributed by atoms with Crippen LogP contribution in [0.1, 0.15) is 11.6 Å². The molecule has 18 heavy (non-hydrogen) atoms. The van der Waals surface area contributed by atoms with Gasteiger partial charge in [-0.25, -0.2) is 0 Å². The molecule has 0 aliphatic carbocycles. The number of nitrogens with one attached hydrogen (secondary N) is 1. The summed E-state index contributed by atoms with van der Waals surface area (Å²) in [6.45, 7) is 0. The molecule has 0 saturated carbocycles. The van der Waals surface area contributed by atoms with Gasteiger partial charge in [0.15, 0.2) is 0 Å². The zero-order valence-electron chi connectivity index (χ0n) is 9.44. The Morgan fingerprint density at radius 1 is 1.56 bits per heavy atom. The quantitative estimate of drug-likeness (QED) is 0.844. The van der Waals surface area contributed by atoms with Gasteiger partial charge in [0, 0.05) is 33.9 Å². The van der Waals surface area contributed by atoms with Crippen molar-refractivity contribution in [1.29, 1.82) is 0 Å². The highest BCUT2D eigenvalue weighted by molar-refractivity contribution is 7.85. The van der Waals surface area contributed by atoms with E-state index < -0.39 is 22.8 Å². The van der Waals surface area contributed by atoms with Crippen molar-refractivity contribution in [3.05, 3.63) is 20.3 Å². The highest BCUT2D eigenvalue weighted by atomic mass is 35.5. The molecule has 1 aromatic rings. The van der Waals surface area contributed by atoms with Crippen LogP contribution in [-0.4, -0.2) is 34.8 Å². The molecule has 0 spiro atoms.